The summed E-state index contributed by atoms with van der Waals surface area (Å²) in [6.07, 6.45) is 9.58. The summed E-state index contributed by atoms with van der Waals surface area (Å²) in [5, 5.41) is 11.8. The molecule has 184 valence electrons. The van der Waals surface area contributed by atoms with Gasteiger partial charge in [-0.1, -0.05) is 31.2 Å². The second-order valence-corrected chi connectivity index (χ2v) is 11.4. The molecule has 34 heavy (non-hydrogen) atoms. The molecule has 0 saturated heterocycles. The van der Waals surface area contributed by atoms with Crippen LogP contribution in [0.5, 0.6) is 0 Å². The second-order valence-electron chi connectivity index (χ2n) is 11.4. The third-order valence-corrected chi connectivity index (χ3v) is 9.79. The van der Waals surface area contributed by atoms with Crippen LogP contribution in [0.25, 0.3) is 0 Å². The van der Waals surface area contributed by atoms with Gasteiger partial charge in [-0.2, -0.15) is 0 Å². The Kier molecular flexibility index (Phi) is 6.12. The highest BCUT2D eigenvalue weighted by Crippen LogP contribution is 2.64. The standard InChI is InChI=1S/C29H38O5/c1-18(33-19(2)30)24-11-12-26-23-10-9-21-17-22(34-27(31)20-7-5-4-6-8-20)13-15-28(21,3)25(23)14-16-29(24,26)32/h4-8,12,18,21-25,32H,9-11,13-17H2,1-3H3. The molecule has 4 aliphatic carbocycles. The molecule has 0 bridgehead atoms. The Bertz CT molecular complexity index is 970. The van der Waals surface area contributed by atoms with E-state index in [1.54, 1.807) is 0 Å². The number of carbonyl (C=O) groups is 2. The first-order chi connectivity index (χ1) is 16.2. The maximum absolute atomic E-state index is 12.6. The molecule has 3 fully saturated rings. The topological polar surface area (TPSA) is 72.8 Å². The van der Waals surface area contributed by atoms with Gasteiger partial charge in [0.05, 0.1) is 11.2 Å². The zero-order valence-corrected chi connectivity index (χ0v) is 20.7. The van der Waals surface area contributed by atoms with Crippen LogP contribution in [0.1, 0.15) is 82.5 Å². The van der Waals surface area contributed by atoms with Gasteiger partial charge in [-0.05, 0) is 99.2 Å². The number of ether oxygens (including phenoxy) is 2. The van der Waals surface area contributed by atoms with Crippen LogP contribution >= 0.6 is 0 Å². The summed E-state index contributed by atoms with van der Waals surface area (Å²) in [6, 6.07) is 9.28. The van der Waals surface area contributed by atoms with Crippen LogP contribution in [0.15, 0.2) is 42.0 Å². The number of carbonyl (C=O) groups excluding carboxylic acids is 2. The molecule has 8 atom stereocenters. The normalized spacial score (nSPS) is 39.6. The molecule has 5 nitrogen and oxygen atoms in total. The van der Waals surface area contributed by atoms with Crippen molar-refractivity contribution in [2.24, 2.45) is 29.1 Å². The maximum Gasteiger partial charge on any atom is 0.338 e. The third-order valence-electron chi connectivity index (χ3n) is 9.79. The minimum atomic E-state index is -0.846. The Hall–Kier alpha value is -2.14. The van der Waals surface area contributed by atoms with Gasteiger partial charge in [0, 0.05) is 12.8 Å². The molecule has 0 heterocycles. The van der Waals surface area contributed by atoms with E-state index < -0.39 is 5.60 Å². The van der Waals surface area contributed by atoms with Gasteiger partial charge < -0.3 is 14.6 Å². The fraction of sp³-hybridized carbons (Fsp3) is 0.655. The van der Waals surface area contributed by atoms with Gasteiger partial charge in [0.25, 0.3) is 0 Å². The van der Waals surface area contributed by atoms with E-state index in [1.807, 2.05) is 37.3 Å². The largest absolute Gasteiger partial charge is 0.462 e. The van der Waals surface area contributed by atoms with E-state index in [2.05, 4.69) is 13.0 Å². The Morgan fingerprint density at radius 3 is 2.59 bits per heavy atom. The number of hydrogen-bond acceptors (Lipinski definition) is 5. The molecule has 1 N–H and O–H groups in total. The monoisotopic (exact) mass is 466 g/mol. The highest BCUT2D eigenvalue weighted by atomic mass is 16.5. The molecule has 5 heteroatoms. The van der Waals surface area contributed by atoms with E-state index in [4.69, 9.17) is 9.47 Å². The summed E-state index contributed by atoms with van der Waals surface area (Å²) in [7, 11) is 0. The van der Waals surface area contributed by atoms with Gasteiger partial charge in [-0.15, -0.1) is 0 Å². The fourth-order valence-electron chi connectivity index (χ4n) is 8.10. The molecule has 0 aliphatic heterocycles. The van der Waals surface area contributed by atoms with Crippen molar-refractivity contribution in [1.29, 1.82) is 0 Å². The Morgan fingerprint density at radius 1 is 1.09 bits per heavy atom. The lowest BCUT2D eigenvalue weighted by atomic mass is 9.47. The zero-order chi connectivity index (χ0) is 24.1. The molecule has 0 amide bonds. The molecule has 0 spiro atoms. The Labute approximate surface area is 202 Å². The van der Waals surface area contributed by atoms with Crippen LogP contribution in [0.3, 0.4) is 0 Å². The highest BCUT2D eigenvalue weighted by molar-refractivity contribution is 5.89. The zero-order valence-electron chi connectivity index (χ0n) is 20.7. The Balaban J connectivity index is 1.27. The minimum absolute atomic E-state index is 0.0116. The first kappa shape index (κ1) is 23.6. The van der Waals surface area contributed by atoms with Crippen LogP contribution in [0.4, 0.5) is 0 Å². The molecule has 3 saturated carbocycles. The molecule has 1 aromatic carbocycles. The van der Waals surface area contributed by atoms with Crippen LogP contribution in [0, 0.1) is 29.1 Å². The predicted molar refractivity (Wildman–Crippen MR) is 129 cm³/mol. The number of benzene rings is 1. The summed E-state index contributed by atoms with van der Waals surface area (Å²) < 4.78 is 11.4. The molecule has 8 unspecified atom stereocenters. The van der Waals surface area contributed by atoms with Crippen LogP contribution in [-0.4, -0.2) is 34.9 Å². The van der Waals surface area contributed by atoms with Crippen molar-refractivity contribution in [3.63, 3.8) is 0 Å². The van der Waals surface area contributed by atoms with Gasteiger partial charge in [0.1, 0.15) is 12.2 Å². The summed E-state index contributed by atoms with van der Waals surface area (Å²) in [5.74, 6) is 0.945. The number of esters is 2. The van der Waals surface area contributed by atoms with Crippen molar-refractivity contribution < 1.29 is 24.2 Å². The lowest BCUT2D eigenvalue weighted by molar-refractivity contribution is -0.155. The van der Waals surface area contributed by atoms with Gasteiger partial charge in [-0.25, -0.2) is 4.79 Å². The van der Waals surface area contributed by atoms with Crippen molar-refractivity contribution in [1.82, 2.24) is 0 Å². The summed E-state index contributed by atoms with van der Waals surface area (Å²) in [4.78, 5) is 24.1. The van der Waals surface area contributed by atoms with Gasteiger partial charge in [-0.3, -0.25) is 4.79 Å². The summed E-state index contributed by atoms with van der Waals surface area (Å²) >= 11 is 0. The van der Waals surface area contributed by atoms with Crippen LogP contribution in [0.2, 0.25) is 0 Å². The first-order valence-electron chi connectivity index (χ1n) is 13.1. The van der Waals surface area contributed by atoms with E-state index in [0.29, 0.717) is 23.3 Å². The number of hydrogen-bond donors (Lipinski definition) is 1. The van der Waals surface area contributed by atoms with Crippen molar-refractivity contribution >= 4 is 11.9 Å². The minimum Gasteiger partial charge on any atom is -0.462 e. The van der Waals surface area contributed by atoms with E-state index >= 15 is 0 Å². The molecular weight excluding hydrogens is 428 g/mol. The van der Waals surface area contributed by atoms with Crippen LogP contribution < -0.4 is 0 Å². The average molecular weight is 467 g/mol. The maximum atomic E-state index is 12.6. The fourth-order valence-corrected chi connectivity index (χ4v) is 8.10. The highest BCUT2D eigenvalue weighted by Gasteiger charge is 2.59. The van der Waals surface area contributed by atoms with Crippen molar-refractivity contribution in [3.8, 4) is 0 Å². The SMILES string of the molecule is CC(=O)OC(C)C1CC=C2C3CCC4CC(OC(=O)c5ccccc5)CCC4(C)C3CCC21O. The molecule has 0 radical (unpaired) electrons. The number of rotatable bonds is 4. The van der Waals surface area contributed by atoms with Gasteiger partial charge >= 0.3 is 11.9 Å². The molecule has 4 aliphatic rings. The molecule has 0 aromatic heterocycles. The average Bonchev–Trinajstić information content (AvgIpc) is 3.17. The third kappa shape index (κ3) is 3.90. The lowest BCUT2D eigenvalue weighted by Gasteiger charge is -2.59. The van der Waals surface area contributed by atoms with Crippen molar-refractivity contribution in [2.45, 2.75) is 89.9 Å². The first-order valence-corrected chi connectivity index (χ1v) is 13.1. The van der Waals surface area contributed by atoms with Gasteiger partial charge in [0.2, 0.25) is 0 Å². The van der Waals surface area contributed by atoms with Crippen molar-refractivity contribution in [3.05, 3.63) is 47.5 Å². The smallest absolute Gasteiger partial charge is 0.338 e. The number of fused-ring (bicyclic) bond motifs is 5. The Morgan fingerprint density at radius 2 is 1.85 bits per heavy atom. The summed E-state index contributed by atoms with van der Waals surface area (Å²) in [5.41, 5.74) is 1.20. The van der Waals surface area contributed by atoms with Crippen LogP contribution in [-0.2, 0) is 14.3 Å². The van der Waals surface area contributed by atoms with E-state index in [0.717, 1.165) is 51.4 Å². The second kappa shape index (κ2) is 8.82. The quantitative estimate of drug-likeness (QED) is 0.471. The predicted octanol–water partition coefficient (Wildman–Crippen LogP) is 5.47. The number of aliphatic hydroxyl groups is 1. The number of allylic oxidation sites excluding steroid dienone is 1. The van der Waals surface area contributed by atoms with E-state index in [9.17, 15) is 14.7 Å². The van der Waals surface area contributed by atoms with Gasteiger partial charge in [0.15, 0.2) is 0 Å². The molecule has 1 aromatic rings. The molecule has 5 rings (SSSR count). The van der Waals surface area contributed by atoms with E-state index in [-0.39, 0.29) is 35.5 Å². The van der Waals surface area contributed by atoms with E-state index in [1.165, 1.54) is 12.5 Å². The summed E-state index contributed by atoms with van der Waals surface area (Å²) in [6.45, 7) is 5.81. The molecular formula is C29H38O5. The van der Waals surface area contributed by atoms with Crippen molar-refractivity contribution in [2.75, 3.05) is 0 Å². The lowest BCUT2D eigenvalue weighted by Crippen LogP contribution is -2.55.